The first-order valence-corrected chi connectivity index (χ1v) is 8.74. The van der Waals surface area contributed by atoms with Gasteiger partial charge in [0.2, 0.25) is 0 Å². The van der Waals surface area contributed by atoms with Gasteiger partial charge in [-0.15, -0.1) is 0 Å². The summed E-state index contributed by atoms with van der Waals surface area (Å²) in [6, 6.07) is 11.1. The smallest absolute Gasteiger partial charge is 0.00967 e. The van der Waals surface area contributed by atoms with E-state index in [-0.39, 0.29) is 5.54 Å². The minimum absolute atomic E-state index is 0.201. The average molecular weight is 287 g/mol. The lowest BCUT2D eigenvalue weighted by Gasteiger charge is -2.32. The largest absolute Gasteiger partial charge is 0.311 e. The molecule has 0 aliphatic heterocycles. The fraction of sp³-hybridized carbons (Fsp3) is 0.700. The zero-order valence-corrected chi connectivity index (χ0v) is 14.4. The Hall–Kier alpha value is -0.820. The van der Waals surface area contributed by atoms with E-state index in [1.54, 1.807) is 0 Å². The maximum atomic E-state index is 3.72. The molecule has 118 valence electrons. The second-order valence-corrected chi connectivity index (χ2v) is 8.11. The maximum Gasteiger partial charge on any atom is 0.00967 e. The van der Waals surface area contributed by atoms with Crippen molar-refractivity contribution in [1.29, 1.82) is 0 Å². The monoisotopic (exact) mass is 287 g/mol. The van der Waals surface area contributed by atoms with Crippen molar-refractivity contribution < 1.29 is 0 Å². The third kappa shape index (κ3) is 5.82. The molecule has 0 radical (unpaired) electrons. The average Bonchev–Trinajstić information content (AvgIpc) is 2.43. The minimum atomic E-state index is 0.201. The molecule has 3 atom stereocenters. The molecule has 0 aromatic heterocycles. The molecule has 1 fully saturated rings. The standard InChI is InChI=1S/C20H33N/c1-16-9-8-10-17(13-16)14-19(15-21-20(2,3)4)18-11-6-5-7-12-18/h5-7,11-12,16-17,19,21H,8-10,13-15H2,1-4H3. The van der Waals surface area contributed by atoms with Crippen molar-refractivity contribution in [1.82, 2.24) is 5.32 Å². The summed E-state index contributed by atoms with van der Waals surface area (Å²) in [4.78, 5) is 0. The first-order valence-electron chi connectivity index (χ1n) is 8.74. The van der Waals surface area contributed by atoms with Gasteiger partial charge in [0.05, 0.1) is 0 Å². The molecule has 0 saturated heterocycles. The van der Waals surface area contributed by atoms with Crippen LogP contribution in [0.4, 0.5) is 0 Å². The molecule has 21 heavy (non-hydrogen) atoms. The van der Waals surface area contributed by atoms with Crippen LogP contribution in [-0.4, -0.2) is 12.1 Å². The number of nitrogens with one attached hydrogen (secondary N) is 1. The van der Waals surface area contributed by atoms with Crippen molar-refractivity contribution in [2.45, 2.75) is 71.3 Å². The Morgan fingerprint density at radius 2 is 1.86 bits per heavy atom. The molecule has 1 heteroatoms. The van der Waals surface area contributed by atoms with Crippen LogP contribution in [0.5, 0.6) is 0 Å². The second-order valence-electron chi connectivity index (χ2n) is 8.11. The van der Waals surface area contributed by atoms with Crippen LogP contribution in [-0.2, 0) is 0 Å². The first kappa shape index (κ1) is 16.5. The van der Waals surface area contributed by atoms with E-state index in [1.807, 2.05) is 0 Å². The molecule has 1 aliphatic rings. The lowest BCUT2D eigenvalue weighted by molar-refractivity contribution is 0.250. The fourth-order valence-corrected chi connectivity index (χ4v) is 3.67. The summed E-state index contributed by atoms with van der Waals surface area (Å²) >= 11 is 0. The van der Waals surface area contributed by atoms with Gasteiger partial charge < -0.3 is 5.32 Å². The minimum Gasteiger partial charge on any atom is -0.311 e. The Labute approximate surface area is 131 Å². The highest BCUT2D eigenvalue weighted by Crippen LogP contribution is 2.35. The van der Waals surface area contributed by atoms with Gasteiger partial charge in [0, 0.05) is 12.1 Å². The van der Waals surface area contributed by atoms with E-state index < -0.39 is 0 Å². The predicted octanol–water partition coefficient (Wildman–Crippen LogP) is 5.37. The van der Waals surface area contributed by atoms with E-state index >= 15 is 0 Å². The molecular formula is C20H33N. The molecule has 1 saturated carbocycles. The third-order valence-corrected chi connectivity index (χ3v) is 4.81. The summed E-state index contributed by atoms with van der Waals surface area (Å²) in [5.41, 5.74) is 1.71. The summed E-state index contributed by atoms with van der Waals surface area (Å²) in [6.45, 7) is 10.3. The van der Waals surface area contributed by atoms with Gasteiger partial charge in [0.1, 0.15) is 0 Å². The van der Waals surface area contributed by atoms with Crippen LogP contribution in [0.1, 0.15) is 71.3 Å². The third-order valence-electron chi connectivity index (χ3n) is 4.81. The number of hydrogen-bond donors (Lipinski definition) is 1. The van der Waals surface area contributed by atoms with E-state index in [1.165, 1.54) is 37.7 Å². The first-order chi connectivity index (χ1) is 9.94. The summed E-state index contributed by atoms with van der Waals surface area (Å²) < 4.78 is 0. The van der Waals surface area contributed by atoms with Crippen molar-refractivity contribution in [3.8, 4) is 0 Å². The van der Waals surface area contributed by atoms with Gasteiger partial charge in [-0.1, -0.05) is 56.5 Å². The Kier molecular flexibility index (Phi) is 5.87. The van der Waals surface area contributed by atoms with E-state index in [0.717, 1.165) is 18.4 Å². The number of benzene rings is 1. The van der Waals surface area contributed by atoms with Gasteiger partial charge >= 0.3 is 0 Å². The molecule has 1 aromatic rings. The summed E-state index contributed by atoms with van der Waals surface area (Å²) in [7, 11) is 0. The Morgan fingerprint density at radius 3 is 2.48 bits per heavy atom. The SMILES string of the molecule is CC1CCCC(CC(CNC(C)(C)C)c2ccccc2)C1. The molecule has 3 unspecified atom stereocenters. The highest BCUT2D eigenvalue weighted by molar-refractivity contribution is 5.20. The van der Waals surface area contributed by atoms with Crippen molar-refractivity contribution >= 4 is 0 Å². The van der Waals surface area contributed by atoms with Crippen LogP contribution in [0, 0.1) is 11.8 Å². The van der Waals surface area contributed by atoms with E-state index in [0.29, 0.717) is 5.92 Å². The van der Waals surface area contributed by atoms with Crippen LogP contribution in [0.15, 0.2) is 30.3 Å². The van der Waals surface area contributed by atoms with Gasteiger partial charge in [-0.2, -0.15) is 0 Å². The van der Waals surface area contributed by atoms with Gasteiger partial charge in [0.25, 0.3) is 0 Å². The van der Waals surface area contributed by atoms with Gasteiger partial charge in [-0.05, 0) is 56.9 Å². The molecule has 0 spiro atoms. The van der Waals surface area contributed by atoms with E-state index in [2.05, 4.69) is 63.3 Å². The number of rotatable bonds is 5. The molecule has 0 amide bonds. The number of hydrogen-bond acceptors (Lipinski definition) is 1. The van der Waals surface area contributed by atoms with Gasteiger partial charge in [-0.25, -0.2) is 0 Å². The predicted molar refractivity (Wildman–Crippen MR) is 92.7 cm³/mol. The molecule has 2 rings (SSSR count). The zero-order valence-electron chi connectivity index (χ0n) is 14.4. The van der Waals surface area contributed by atoms with Gasteiger partial charge in [0.15, 0.2) is 0 Å². The molecular weight excluding hydrogens is 254 g/mol. The molecule has 0 heterocycles. The Morgan fingerprint density at radius 1 is 1.14 bits per heavy atom. The van der Waals surface area contributed by atoms with Crippen LogP contribution in [0.25, 0.3) is 0 Å². The van der Waals surface area contributed by atoms with E-state index in [9.17, 15) is 0 Å². The zero-order chi connectivity index (χ0) is 15.3. The fourth-order valence-electron chi connectivity index (χ4n) is 3.67. The topological polar surface area (TPSA) is 12.0 Å². The lowest BCUT2D eigenvalue weighted by atomic mass is 9.76. The highest BCUT2D eigenvalue weighted by atomic mass is 14.9. The Balaban J connectivity index is 2.01. The Bertz CT molecular complexity index is 404. The summed E-state index contributed by atoms with van der Waals surface area (Å²) in [6.07, 6.45) is 7.08. The van der Waals surface area contributed by atoms with Crippen molar-refractivity contribution in [3.05, 3.63) is 35.9 Å². The second kappa shape index (κ2) is 7.45. The van der Waals surface area contributed by atoms with Crippen molar-refractivity contribution in [2.75, 3.05) is 6.54 Å². The molecule has 1 nitrogen and oxygen atoms in total. The van der Waals surface area contributed by atoms with Crippen LogP contribution >= 0.6 is 0 Å². The van der Waals surface area contributed by atoms with Crippen molar-refractivity contribution in [3.63, 3.8) is 0 Å². The molecule has 1 aliphatic carbocycles. The highest BCUT2D eigenvalue weighted by Gasteiger charge is 2.24. The van der Waals surface area contributed by atoms with Crippen LogP contribution in [0.3, 0.4) is 0 Å². The van der Waals surface area contributed by atoms with Crippen molar-refractivity contribution in [2.24, 2.45) is 11.8 Å². The maximum absolute atomic E-state index is 3.72. The van der Waals surface area contributed by atoms with Crippen LogP contribution in [0.2, 0.25) is 0 Å². The molecule has 0 bridgehead atoms. The summed E-state index contributed by atoms with van der Waals surface area (Å²) in [5.74, 6) is 2.50. The van der Waals surface area contributed by atoms with E-state index in [4.69, 9.17) is 0 Å². The normalized spacial score (nSPS) is 24.8. The van der Waals surface area contributed by atoms with Gasteiger partial charge in [-0.3, -0.25) is 0 Å². The summed E-state index contributed by atoms with van der Waals surface area (Å²) in [5, 5.41) is 3.72. The molecule has 1 aromatic carbocycles. The quantitative estimate of drug-likeness (QED) is 0.767. The van der Waals surface area contributed by atoms with Crippen LogP contribution < -0.4 is 5.32 Å². The lowest BCUT2D eigenvalue weighted by Crippen LogP contribution is -2.39. The molecule has 1 N–H and O–H groups in total.